The van der Waals surface area contributed by atoms with E-state index in [2.05, 4.69) is 0 Å². The van der Waals surface area contributed by atoms with E-state index >= 15 is 0 Å². The molecule has 0 spiro atoms. The minimum atomic E-state index is -3.71. The molecule has 1 aromatic carbocycles. The number of rotatable bonds is 4. The fraction of sp³-hybridized carbons (Fsp3) is 0.650. The second kappa shape index (κ2) is 8.69. The van der Waals surface area contributed by atoms with Gasteiger partial charge in [0.05, 0.1) is 10.8 Å². The van der Waals surface area contributed by atoms with Gasteiger partial charge in [-0.25, -0.2) is 12.8 Å². The highest BCUT2D eigenvalue weighted by atomic mass is 32.2. The normalized spacial score (nSPS) is 23.0. The standard InChI is InChI=1S/C20H29FN2O3S/c1-22(18-8-4-2-3-5-9-18)20(24)16-7-6-14-23(15-16)27(25,26)19-12-10-17(21)11-13-19/h10-13,16,18H,2-9,14-15H2,1H3. The van der Waals surface area contributed by atoms with Gasteiger partial charge in [0.1, 0.15) is 5.82 Å². The molecule has 1 saturated heterocycles. The molecule has 1 heterocycles. The van der Waals surface area contributed by atoms with Crippen molar-refractivity contribution in [2.45, 2.75) is 62.3 Å². The van der Waals surface area contributed by atoms with Crippen LogP contribution in [-0.4, -0.2) is 49.7 Å². The van der Waals surface area contributed by atoms with Gasteiger partial charge in [-0.3, -0.25) is 4.79 Å². The Morgan fingerprint density at radius 3 is 2.30 bits per heavy atom. The third-order valence-electron chi connectivity index (χ3n) is 5.90. The SMILES string of the molecule is CN(C(=O)C1CCCN(S(=O)(=O)c2ccc(F)cc2)C1)C1CCCCCC1. The predicted molar refractivity (Wildman–Crippen MR) is 102 cm³/mol. The van der Waals surface area contributed by atoms with Crippen LogP contribution in [-0.2, 0) is 14.8 Å². The Morgan fingerprint density at radius 2 is 1.67 bits per heavy atom. The molecule has 2 aliphatic rings. The summed E-state index contributed by atoms with van der Waals surface area (Å²) in [6.07, 6.45) is 8.20. The lowest BCUT2D eigenvalue weighted by molar-refractivity contribution is -0.137. The van der Waals surface area contributed by atoms with Crippen LogP contribution < -0.4 is 0 Å². The minimum Gasteiger partial charge on any atom is -0.342 e. The van der Waals surface area contributed by atoms with Crippen LogP contribution in [0, 0.1) is 11.7 Å². The summed E-state index contributed by atoms with van der Waals surface area (Å²) < 4.78 is 40.2. The average Bonchev–Trinajstić information content (AvgIpc) is 2.97. The molecule has 150 valence electrons. The number of hydrogen-bond acceptors (Lipinski definition) is 3. The fourth-order valence-electron chi connectivity index (χ4n) is 4.23. The maximum Gasteiger partial charge on any atom is 0.243 e. The zero-order valence-corrected chi connectivity index (χ0v) is 16.8. The summed E-state index contributed by atoms with van der Waals surface area (Å²) >= 11 is 0. The van der Waals surface area contributed by atoms with Gasteiger partial charge < -0.3 is 4.90 Å². The minimum absolute atomic E-state index is 0.0564. The van der Waals surface area contributed by atoms with E-state index in [4.69, 9.17) is 0 Å². The van der Waals surface area contributed by atoms with Crippen LogP contribution >= 0.6 is 0 Å². The van der Waals surface area contributed by atoms with Crippen molar-refractivity contribution in [1.29, 1.82) is 0 Å². The van der Waals surface area contributed by atoms with Gasteiger partial charge in [-0.1, -0.05) is 25.7 Å². The molecule has 1 aliphatic carbocycles. The van der Waals surface area contributed by atoms with Gasteiger partial charge in [-0.05, 0) is 49.9 Å². The number of amides is 1. The first-order chi connectivity index (χ1) is 12.9. The summed E-state index contributed by atoms with van der Waals surface area (Å²) in [5.41, 5.74) is 0. The van der Waals surface area contributed by atoms with Crippen molar-refractivity contribution >= 4 is 15.9 Å². The second-order valence-corrected chi connectivity index (χ2v) is 9.69. The maximum atomic E-state index is 13.1. The van der Waals surface area contributed by atoms with E-state index in [0.29, 0.717) is 19.4 Å². The number of hydrogen-bond donors (Lipinski definition) is 0. The first-order valence-corrected chi connectivity index (χ1v) is 11.4. The molecule has 1 aromatic rings. The number of carbonyl (C=O) groups excluding carboxylic acids is 1. The van der Waals surface area contributed by atoms with Crippen LogP contribution in [0.4, 0.5) is 4.39 Å². The van der Waals surface area contributed by atoms with Crippen molar-refractivity contribution in [1.82, 2.24) is 9.21 Å². The van der Waals surface area contributed by atoms with Crippen molar-refractivity contribution in [2.24, 2.45) is 5.92 Å². The first kappa shape index (κ1) is 20.3. The Labute approximate surface area is 161 Å². The lowest BCUT2D eigenvalue weighted by Crippen LogP contribution is -2.48. The number of piperidine rings is 1. The molecule has 1 unspecified atom stereocenters. The highest BCUT2D eigenvalue weighted by Gasteiger charge is 2.35. The van der Waals surface area contributed by atoms with E-state index in [1.807, 2.05) is 11.9 Å². The number of sulfonamides is 1. The molecule has 7 heteroatoms. The number of carbonyl (C=O) groups is 1. The van der Waals surface area contributed by atoms with Gasteiger partial charge in [0.15, 0.2) is 0 Å². The first-order valence-electron chi connectivity index (χ1n) is 9.92. The lowest BCUT2D eigenvalue weighted by Gasteiger charge is -2.35. The van der Waals surface area contributed by atoms with Crippen molar-refractivity contribution < 1.29 is 17.6 Å². The van der Waals surface area contributed by atoms with E-state index < -0.39 is 15.8 Å². The van der Waals surface area contributed by atoms with Gasteiger partial charge in [0.25, 0.3) is 0 Å². The van der Waals surface area contributed by atoms with Crippen LogP contribution in [0.5, 0.6) is 0 Å². The third kappa shape index (κ3) is 4.69. The Morgan fingerprint density at radius 1 is 1.04 bits per heavy atom. The summed E-state index contributed by atoms with van der Waals surface area (Å²) in [4.78, 5) is 15.0. The van der Waals surface area contributed by atoms with Gasteiger partial charge >= 0.3 is 0 Å². The predicted octanol–water partition coefficient (Wildman–Crippen LogP) is 3.41. The zero-order chi connectivity index (χ0) is 19.4. The van der Waals surface area contributed by atoms with Crippen molar-refractivity contribution in [3.8, 4) is 0 Å². The van der Waals surface area contributed by atoms with Gasteiger partial charge in [-0.15, -0.1) is 0 Å². The van der Waals surface area contributed by atoms with E-state index in [-0.39, 0.29) is 29.3 Å². The molecule has 1 amide bonds. The second-order valence-electron chi connectivity index (χ2n) is 7.75. The molecule has 27 heavy (non-hydrogen) atoms. The highest BCUT2D eigenvalue weighted by Crippen LogP contribution is 2.27. The van der Waals surface area contributed by atoms with Crippen molar-refractivity contribution in [3.05, 3.63) is 30.1 Å². The van der Waals surface area contributed by atoms with Crippen LogP contribution in [0.15, 0.2) is 29.2 Å². The Kier molecular flexibility index (Phi) is 6.52. The monoisotopic (exact) mass is 396 g/mol. The molecule has 0 radical (unpaired) electrons. The van der Waals surface area contributed by atoms with E-state index in [0.717, 1.165) is 37.8 Å². The van der Waals surface area contributed by atoms with Gasteiger partial charge in [0.2, 0.25) is 15.9 Å². The van der Waals surface area contributed by atoms with Crippen LogP contribution in [0.3, 0.4) is 0 Å². The van der Waals surface area contributed by atoms with Crippen LogP contribution in [0.1, 0.15) is 51.4 Å². The van der Waals surface area contributed by atoms with Gasteiger partial charge in [-0.2, -0.15) is 4.31 Å². The smallest absolute Gasteiger partial charge is 0.243 e. The summed E-state index contributed by atoms with van der Waals surface area (Å²) in [7, 11) is -1.84. The van der Waals surface area contributed by atoms with Gasteiger partial charge in [0, 0.05) is 26.2 Å². The Bertz CT molecular complexity index is 743. The molecule has 0 aromatic heterocycles. The quantitative estimate of drug-likeness (QED) is 0.733. The molecular formula is C20H29FN2O3S. The summed E-state index contributed by atoms with van der Waals surface area (Å²) in [6, 6.07) is 5.14. The van der Waals surface area contributed by atoms with Crippen LogP contribution in [0.25, 0.3) is 0 Å². The zero-order valence-electron chi connectivity index (χ0n) is 15.9. The molecule has 3 rings (SSSR count). The third-order valence-corrected chi connectivity index (χ3v) is 7.78. The molecule has 2 fully saturated rings. The summed E-state index contributed by atoms with van der Waals surface area (Å²) in [6.45, 7) is 0.603. The van der Waals surface area contributed by atoms with Crippen LogP contribution in [0.2, 0.25) is 0 Å². The molecule has 1 atom stereocenters. The molecule has 0 bridgehead atoms. The highest BCUT2D eigenvalue weighted by molar-refractivity contribution is 7.89. The Hall–Kier alpha value is -1.47. The molecular weight excluding hydrogens is 367 g/mol. The number of halogens is 1. The van der Waals surface area contributed by atoms with E-state index in [1.165, 1.54) is 29.3 Å². The van der Waals surface area contributed by atoms with E-state index in [1.54, 1.807) is 0 Å². The fourth-order valence-corrected chi connectivity index (χ4v) is 5.75. The maximum absolute atomic E-state index is 13.1. The molecule has 1 saturated carbocycles. The topological polar surface area (TPSA) is 57.7 Å². The largest absolute Gasteiger partial charge is 0.342 e. The van der Waals surface area contributed by atoms with Crippen molar-refractivity contribution in [2.75, 3.05) is 20.1 Å². The average molecular weight is 397 g/mol. The summed E-state index contributed by atoms with van der Waals surface area (Å²) in [5.74, 6) is -0.714. The van der Waals surface area contributed by atoms with Crippen molar-refractivity contribution in [3.63, 3.8) is 0 Å². The molecule has 1 aliphatic heterocycles. The Balaban J connectivity index is 1.69. The summed E-state index contributed by atoms with van der Waals surface area (Å²) in [5, 5.41) is 0. The van der Waals surface area contributed by atoms with E-state index in [9.17, 15) is 17.6 Å². The molecule has 5 nitrogen and oxygen atoms in total. The number of nitrogens with zero attached hydrogens (tertiary/aromatic N) is 2. The lowest BCUT2D eigenvalue weighted by atomic mass is 9.96. The molecule has 0 N–H and O–H groups in total. The number of benzene rings is 1.